The van der Waals surface area contributed by atoms with Crippen LogP contribution in [0.3, 0.4) is 0 Å². The van der Waals surface area contributed by atoms with Crippen molar-refractivity contribution in [3.05, 3.63) is 57.7 Å². The monoisotopic (exact) mass is 541 g/mol. The number of likely N-dealkylation sites (tertiary alicyclic amines) is 1. The second-order valence-corrected chi connectivity index (χ2v) is 11.1. The van der Waals surface area contributed by atoms with E-state index in [1.165, 1.54) is 42.4 Å². The summed E-state index contributed by atoms with van der Waals surface area (Å²) in [6, 6.07) is 10.2. The maximum atomic E-state index is 13.0. The lowest BCUT2D eigenvalue weighted by Gasteiger charge is -2.26. The van der Waals surface area contributed by atoms with Crippen LogP contribution >= 0.6 is 23.1 Å². The van der Waals surface area contributed by atoms with Crippen molar-refractivity contribution in [3.63, 3.8) is 0 Å². The number of aromatic nitrogens is 3. The van der Waals surface area contributed by atoms with Crippen LogP contribution in [-0.2, 0) is 29.0 Å². The number of thioether (sulfide) groups is 1. The van der Waals surface area contributed by atoms with Crippen LogP contribution in [0.4, 0.5) is 5.00 Å². The molecule has 1 saturated heterocycles. The van der Waals surface area contributed by atoms with Gasteiger partial charge in [-0.1, -0.05) is 55.4 Å². The number of carbonyl (C=O) groups is 2. The number of piperidine rings is 1. The van der Waals surface area contributed by atoms with E-state index in [0.29, 0.717) is 22.3 Å². The second kappa shape index (κ2) is 13.2. The van der Waals surface area contributed by atoms with E-state index in [0.717, 1.165) is 47.9 Å². The summed E-state index contributed by atoms with van der Waals surface area (Å²) in [7, 11) is 0. The largest absolute Gasteiger partial charge is 0.462 e. The molecular formula is C27H35N5O3S2. The Morgan fingerprint density at radius 3 is 2.54 bits per heavy atom. The van der Waals surface area contributed by atoms with E-state index in [2.05, 4.69) is 37.1 Å². The zero-order valence-corrected chi connectivity index (χ0v) is 23.4. The fraction of sp³-hybridized carbons (Fsp3) is 0.481. The second-order valence-electron chi connectivity index (χ2n) is 9.07. The van der Waals surface area contributed by atoms with Crippen LogP contribution in [0.1, 0.15) is 65.3 Å². The van der Waals surface area contributed by atoms with Crippen LogP contribution < -0.4 is 5.32 Å². The van der Waals surface area contributed by atoms with Crippen LogP contribution in [0.15, 0.2) is 35.5 Å². The third-order valence-electron chi connectivity index (χ3n) is 6.42. The van der Waals surface area contributed by atoms with Gasteiger partial charge in [0.05, 0.1) is 31.0 Å². The van der Waals surface area contributed by atoms with Gasteiger partial charge in [0.1, 0.15) is 10.8 Å². The number of ether oxygens (including phenoxy) is 1. The Bertz CT molecular complexity index is 1200. The molecule has 1 fully saturated rings. The standard InChI is InChI=1S/C27H35N5O3S2/c1-4-21-19(3)24(26(34)35-5-2)25(37-21)28-23(33)18-36-27-30-29-22(17-31-14-10-7-11-15-31)32(27)16-20-12-8-6-9-13-20/h6,8-9,12-13H,4-5,7,10-11,14-18H2,1-3H3,(H,28,33). The molecule has 10 heteroatoms. The average molecular weight is 542 g/mol. The Morgan fingerprint density at radius 2 is 1.84 bits per heavy atom. The summed E-state index contributed by atoms with van der Waals surface area (Å²) in [5, 5.41) is 13.2. The van der Waals surface area contributed by atoms with E-state index in [9.17, 15) is 9.59 Å². The molecule has 3 heterocycles. The molecule has 0 saturated carbocycles. The highest BCUT2D eigenvalue weighted by Crippen LogP contribution is 2.34. The minimum absolute atomic E-state index is 0.164. The van der Waals surface area contributed by atoms with Crippen molar-refractivity contribution in [1.82, 2.24) is 19.7 Å². The summed E-state index contributed by atoms with van der Waals surface area (Å²) in [5.74, 6) is 0.493. The summed E-state index contributed by atoms with van der Waals surface area (Å²) in [6.45, 7) is 9.56. The quantitative estimate of drug-likeness (QED) is 0.265. The molecule has 4 rings (SSSR count). The molecule has 0 spiro atoms. The molecule has 1 aromatic carbocycles. The van der Waals surface area contributed by atoms with Crippen LogP contribution in [0.2, 0.25) is 0 Å². The summed E-state index contributed by atoms with van der Waals surface area (Å²) in [4.78, 5) is 29.0. The van der Waals surface area contributed by atoms with E-state index in [1.807, 2.05) is 32.0 Å². The van der Waals surface area contributed by atoms with Crippen molar-refractivity contribution in [2.24, 2.45) is 0 Å². The number of nitrogens with zero attached hydrogens (tertiary/aromatic N) is 4. The van der Waals surface area contributed by atoms with E-state index in [4.69, 9.17) is 4.74 Å². The van der Waals surface area contributed by atoms with E-state index in [-0.39, 0.29) is 18.3 Å². The highest BCUT2D eigenvalue weighted by atomic mass is 32.2. The van der Waals surface area contributed by atoms with Gasteiger partial charge in [-0.25, -0.2) is 4.79 Å². The highest BCUT2D eigenvalue weighted by molar-refractivity contribution is 7.99. The van der Waals surface area contributed by atoms with Crippen molar-refractivity contribution in [2.75, 3.05) is 30.8 Å². The first-order valence-corrected chi connectivity index (χ1v) is 14.7. The molecule has 8 nitrogen and oxygen atoms in total. The molecule has 1 amide bonds. The first kappa shape index (κ1) is 27.3. The van der Waals surface area contributed by atoms with Gasteiger partial charge in [-0.2, -0.15) is 0 Å². The Hall–Kier alpha value is -2.69. The van der Waals surface area contributed by atoms with Crippen molar-refractivity contribution >= 4 is 40.0 Å². The number of nitrogens with one attached hydrogen (secondary N) is 1. The van der Waals surface area contributed by atoms with Crippen molar-refractivity contribution in [2.45, 2.75) is 64.7 Å². The number of aryl methyl sites for hydroxylation is 1. The van der Waals surface area contributed by atoms with Gasteiger partial charge in [-0.05, 0) is 57.3 Å². The first-order chi connectivity index (χ1) is 18.0. The number of anilines is 1. The smallest absolute Gasteiger partial charge is 0.341 e. The molecule has 198 valence electrons. The minimum Gasteiger partial charge on any atom is -0.462 e. The number of hydrogen-bond acceptors (Lipinski definition) is 8. The number of thiophene rings is 1. The van der Waals surface area contributed by atoms with Crippen LogP contribution in [0.25, 0.3) is 0 Å². The van der Waals surface area contributed by atoms with Gasteiger partial charge in [-0.15, -0.1) is 21.5 Å². The van der Waals surface area contributed by atoms with Gasteiger partial charge in [0, 0.05) is 4.88 Å². The number of rotatable bonds is 11. The van der Waals surface area contributed by atoms with Crippen LogP contribution in [0.5, 0.6) is 0 Å². The number of carbonyl (C=O) groups excluding carboxylic acids is 2. The fourth-order valence-corrected chi connectivity index (χ4v) is 6.42. The van der Waals surface area contributed by atoms with E-state index < -0.39 is 5.97 Å². The van der Waals surface area contributed by atoms with Gasteiger partial charge in [0.15, 0.2) is 5.16 Å². The van der Waals surface area contributed by atoms with Gasteiger partial charge in [-0.3, -0.25) is 9.69 Å². The Morgan fingerprint density at radius 1 is 1.08 bits per heavy atom. The maximum absolute atomic E-state index is 13.0. The molecule has 0 aliphatic carbocycles. The number of amides is 1. The third kappa shape index (κ3) is 7.00. The molecule has 2 aromatic heterocycles. The topological polar surface area (TPSA) is 89.3 Å². The molecule has 1 N–H and O–H groups in total. The van der Waals surface area contributed by atoms with Crippen molar-refractivity contribution < 1.29 is 14.3 Å². The lowest BCUT2D eigenvalue weighted by molar-refractivity contribution is -0.113. The third-order valence-corrected chi connectivity index (χ3v) is 8.74. The molecule has 1 aliphatic rings. The van der Waals surface area contributed by atoms with Crippen LogP contribution in [-0.4, -0.2) is 57.0 Å². The summed E-state index contributed by atoms with van der Waals surface area (Å²) >= 11 is 2.80. The Balaban J connectivity index is 1.48. The molecule has 3 aromatic rings. The number of esters is 1. The molecular weight excluding hydrogens is 506 g/mol. The SMILES string of the molecule is CCOC(=O)c1c(NC(=O)CSc2nnc(CN3CCCCC3)n2Cc2ccccc2)sc(CC)c1C. The fourth-order valence-electron chi connectivity index (χ4n) is 4.51. The lowest BCUT2D eigenvalue weighted by atomic mass is 10.1. The van der Waals surface area contributed by atoms with E-state index in [1.54, 1.807) is 6.92 Å². The normalized spacial score (nSPS) is 14.0. The van der Waals surface area contributed by atoms with Gasteiger partial charge >= 0.3 is 5.97 Å². The minimum atomic E-state index is -0.399. The zero-order valence-electron chi connectivity index (χ0n) is 21.8. The molecule has 0 radical (unpaired) electrons. The predicted octanol–water partition coefficient (Wildman–Crippen LogP) is 5.15. The first-order valence-electron chi connectivity index (χ1n) is 12.9. The Kier molecular flexibility index (Phi) is 9.76. The average Bonchev–Trinajstić information content (AvgIpc) is 3.43. The predicted molar refractivity (Wildman–Crippen MR) is 148 cm³/mol. The molecule has 0 bridgehead atoms. The lowest BCUT2D eigenvalue weighted by Crippen LogP contribution is -2.30. The molecule has 1 aliphatic heterocycles. The number of benzene rings is 1. The van der Waals surface area contributed by atoms with Crippen LogP contribution in [0, 0.1) is 6.92 Å². The zero-order chi connectivity index (χ0) is 26.2. The van der Waals surface area contributed by atoms with Gasteiger partial charge in [0.25, 0.3) is 0 Å². The summed E-state index contributed by atoms with van der Waals surface area (Å²) in [6.07, 6.45) is 4.50. The molecule has 0 unspecified atom stereocenters. The van der Waals surface area contributed by atoms with Gasteiger partial charge in [0.2, 0.25) is 5.91 Å². The molecule has 0 atom stereocenters. The van der Waals surface area contributed by atoms with Crippen molar-refractivity contribution in [3.8, 4) is 0 Å². The van der Waals surface area contributed by atoms with Crippen molar-refractivity contribution in [1.29, 1.82) is 0 Å². The van der Waals surface area contributed by atoms with Gasteiger partial charge < -0.3 is 14.6 Å². The number of hydrogen-bond donors (Lipinski definition) is 1. The molecule has 37 heavy (non-hydrogen) atoms. The Labute approximate surface area is 226 Å². The maximum Gasteiger partial charge on any atom is 0.341 e. The summed E-state index contributed by atoms with van der Waals surface area (Å²) in [5.41, 5.74) is 2.49. The highest BCUT2D eigenvalue weighted by Gasteiger charge is 2.24. The van der Waals surface area contributed by atoms with E-state index >= 15 is 0 Å². The summed E-state index contributed by atoms with van der Waals surface area (Å²) < 4.78 is 7.36.